The highest BCUT2D eigenvalue weighted by molar-refractivity contribution is 5.70. The second kappa shape index (κ2) is 76.8. The van der Waals surface area contributed by atoms with Crippen LogP contribution < -0.4 is 0 Å². The highest BCUT2D eigenvalue weighted by Gasteiger charge is 2.16. The van der Waals surface area contributed by atoms with Crippen LogP contribution in [0.15, 0.2) is 158 Å². The summed E-state index contributed by atoms with van der Waals surface area (Å²) in [5, 5.41) is 9.72. The SMILES string of the molecule is CC/C=C\C/C=C\C/C=C\C/C=C\C/C=C\C/C=C\C/C=C\CCCCCCCCCCCCCCCCCCCC(=O)OC(CO)COC(=O)CCCCCCCCCCCCCCCCCC/C=C\C/C=C\C/C=C\C/C=C\C/C=C\C/C=C\CC. The number of ether oxygens (including phenoxy) is 2. The molecule has 0 aromatic heterocycles. The van der Waals surface area contributed by atoms with E-state index in [1.54, 1.807) is 0 Å². The fraction of sp³-hybridized carbons (Fsp3) is 0.663. The van der Waals surface area contributed by atoms with Crippen molar-refractivity contribution >= 4 is 11.9 Å². The summed E-state index contributed by atoms with van der Waals surface area (Å²) in [7, 11) is 0. The Labute approximate surface area is 545 Å². The molecule has 0 heterocycles. The van der Waals surface area contributed by atoms with E-state index < -0.39 is 6.10 Å². The van der Waals surface area contributed by atoms with Crippen LogP contribution in [0.1, 0.15) is 335 Å². The maximum atomic E-state index is 12.4. The van der Waals surface area contributed by atoms with Gasteiger partial charge in [0.1, 0.15) is 6.61 Å². The van der Waals surface area contributed by atoms with Crippen molar-refractivity contribution < 1.29 is 24.2 Å². The number of allylic oxidation sites excluding steroid dienone is 26. The molecule has 0 saturated carbocycles. The lowest BCUT2D eigenvalue weighted by Gasteiger charge is -2.15. The monoisotopic (exact) mass is 1220 g/mol. The number of carbonyl (C=O) groups excluding carboxylic acids is 2. The number of hydrogen-bond acceptors (Lipinski definition) is 5. The molecule has 0 aliphatic carbocycles. The molecule has 1 N–H and O–H groups in total. The lowest BCUT2D eigenvalue weighted by Crippen LogP contribution is -2.28. The van der Waals surface area contributed by atoms with Gasteiger partial charge in [-0.1, -0.05) is 358 Å². The van der Waals surface area contributed by atoms with Gasteiger partial charge in [-0.25, -0.2) is 0 Å². The normalized spacial score (nSPS) is 13.2. The van der Waals surface area contributed by atoms with Crippen LogP contribution in [0.25, 0.3) is 0 Å². The molecule has 0 bridgehead atoms. The predicted octanol–water partition coefficient (Wildman–Crippen LogP) is 26.2. The number of carbonyl (C=O) groups is 2. The van der Waals surface area contributed by atoms with Gasteiger partial charge in [-0.05, 0) is 122 Å². The molecule has 0 amide bonds. The number of rotatable bonds is 67. The number of aliphatic hydroxyl groups is 1. The van der Waals surface area contributed by atoms with Crippen molar-refractivity contribution in [3.63, 3.8) is 0 Å². The third kappa shape index (κ3) is 74.0. The molecule has 0 rings (SSSR count). The molecule has 0 saturated heterocycles. The van der Waals surface area contributed by atoms with E-state index in [2.05, 4.69) is 172 Å². The van der Waals surface area contributed by atoms with Crippen molar-refractivity contribution in [2.75, 3.05) is 13.2 Å². The standard InChI is InChI=1S/C83H138O5/c1-3-5-7-9-11-13-15-17-19-21-23-25-27-29-31-33-35-37-39-40-41-42-44-46-48-50-52-54-56-58-60-62-64-66-68-70-72-74-76-78-83(86)88-81(79-84)80-87-82(85)77-75-73-71-69-67-65-63-61-59-57-55-53-51-49-47-45-43-38-36-34-32-30-28-26-24-22-20-18-16-14-12-10-8-6-4-2/h5-8,11-14,17-20,23-26,29-32,35-38,40-41,81,84H,3-4,9-10,15-16,21-22,27-28,33-34,39,42-80H2,1-2H3/b7-5-,8-6-,13-11-,14-12-,19-17-,20-18-,25-23-,26-24-,31-29-,32-30-,37-35-,38-36-,41-40-. The topological polar surface area (TPSA) is 72.8 Å². The molecule has 500 valence electrons. The van der Waals surface area contributed by atoms with Crippen LogP contribution in [0.2, 0.25) is 0 Å². The molecule has 0 aromatic rings. The Kier molecular flexibility index (Phi) is 72.9. The minimum absolute atomic E-state index is 0.0693. The Bertz CT molecular complexity index is 1860. The Morgan fingerprint density at radius 1 is 0.261 bits per heavy atom. The average Bonchev–Trinajstić information content (AvgIpc) is 3.54. The van der Waals surface area contributed by atoms with E-state index in [1.165, 1.54) is 186 Å². The van der Waals surface area contributed by atoms with Crippen LogP contribution in [0.4, 0.5) is 0 Å². The first-order valence-corrected chi connectivity index (χ1v) is 37.0. The zero-order valence-corrected chi connectivity index (χ0v) is 57.4. The largest absolute Gasteiger partial charge is 0.462 e. The van der Waals surface area contributed by atoms with Crippen LogP contribution in [0.5, 0.6) is 0 Å². The zero-order chi connectivity index (χ0) is 63.3. The molecule has 0 aromatic carbocycles. The van der Waals surface area contributed by atoms with Crippen molar-refractivity contribution in [1.82, 2.24) is 0 Å². The Morgan fingerprint density at radius 2 is 0.455 bits per heavy atom. The molecule has 0 spiro atoms. The van der Waals surface area contributed by atoms with Crippen molar-refractivity contribution in [2.45, 2.75) is 341 Å². The minimum Gasteiger partial charge on any atom is -0.462 e. The van der Waals surface area contributed by atoms with Gasteiger partial charge in [-0.3, -0.25) is 9.59 Å². The van der Waals surface area contributed by atoms with Gasteiger partial charge in [0.2, 0.25) is 0 Å². The van der Waals surface area contributed by atoms with Crippen LogP contribution >= 0.6 is 0 Å². The van der Waals surface area contributed by atoms with Gasteiger partial charge < -0.3 is 14.6 Å². The molecule has 88 heavy (non-hydrogen) atoms. The summed E-state index contributed by atoms with van der Waals surface area (Å²) < 4.78 is 10.8. The van der Waals surface area contributed by atoms with Crippen LogP contribution in [0, 0.1) is 0 Å². The second-order valence-electron chi connectivity index (χ2n) is 24.3. The summed E-state index contributed by atoms with van der Waals surface area (Å²) in [6, 6.07) is 0. The summed E-state index contributed by atoms with van der Waals surface area (Å²) in [6.45, 7) is 3.93. The zero-order valence-electron chi connectivity index (χ0n) is 57.4. The van der Waals surface area contributed by atoms with Crippen LogP contribution in [0.3, 0.4) is 0 Å². The van der Waals surface area contributed by atoms with E-state index >= 15 is 0 Å². The Hall–Kier alpha value is -4.48. The molecule has 0 aliphatic rings. The first kappa shape index (κ1) is 83.5. The molecular weight excluding hydrogens is 1080 g/mol. The second-order valence-corrected chi connectivity index (χ2v) is 24.3. The Balaban J connectivity index is 3.48. The van der Waals surface area contributed by atoms with Crippen molar-refractivity contribution in [2.24, 2.45) is 0 Å². The molecular formula is C83H138O5. The van der Waals surface area contributed by atoms with E-state index in [1.807, 2.05) is 0 Å². The van der Waals surface area contributed by atoms with Gasteiger partial charge in [0.15, 0.2) is 6.10 Å². The highest BCUT2D eigenvalue weighted by Crippen LogP contribution is 2.18. The maximum absolute atomic E-state index is 12.4. The van der Waals surface area contributed by atoms with Crippen LogP contribution in [-0.2, 0) is 19.1 Å². The summed E-state index contributed by atoms with van der Waals surface area (Å²) in [6.07, 6.45) is 117. The maximum Gasteiger partial charge on any atom is 0.306 e. The van der Waals surface area contributed by atoms with E-state index in [4.69, 9.17) is 9.47 Å². The third-order valence-electron chi connectivity index (χ3n) is 15.8. The van der Waals surface area contributed by atoms with E-state index in [9.17, 15) is 14.7 Å². The molecule has 1 atom stereocenters. The molecule has 0 aliphatic heterocycles. The van der Waals surface area contributed by atoms with E-state index in [0.717, 1.165) is 122 Å². The first-order valence-electron chi connectivity index (χ1n) is 37.0. The van der Waals surface area contributed by atoms with Gasteiger partial charge in [-0.2, -0.15) is 0 Å². The smallest absolute Gasteiger partial charge is 0.306 e. The fourth-order valence-corrected chi connectivity index (χ4v) is 10.4. The number of unbranched alkanes of at least 4 members (excludes halogenated alkanes) is 33. The van der Waals surface area contributed by atoms with Crippen molar-refractivity contribution in [1.29, 1.82) is 0 Å². The van der Waals surface area contributed by atoms with Gasteiger partial charge in [0.05, 0.1) is 6.61 Å². The van der Waals surface area contributed by atoms with Crippen LogP contribution in [-0.4, -0.2) is 36.4 Å². The molecule has 5 heteroatoms. The quantitative estimate of drug-likeness (QED) is 0.0373. The summed E-state index contributed by atoms with van der Waals surface area (Å²) in [4.78, 5) is 24.7. The van der Waals surface area contributed by atoms with E-state index in [-0.39, 0.29) is 25.2 Å². The molecule has 5 nitrogen and oxygen atoms in total. The summed E-state index contributed by atoms with van der Waals surface area (Å²) in [5.74, 6) is -0.584. The van der Waals surface area contributed by atoms with Gasteiger partial charge in [-0.15, -0.1) is 0 Å². The van der Waals surface area contributed by atoms with E-state index in [0.29, 0.717) is 12.8 Å². The molecule has 0 fully saturated rings. The number of aliphatic hydroxyl groups excluding tert-OH is 1. The van der Waals surface area contributed by atoms with Crippen molar-refractivity contribution in [3.05, 3.63) is 158 Å². The lowest BCUT2D eigenvalue weighted by molar-refractivity contribution is -0.161. The van der Waals surface area contributed by atoms with Gasteiger partial charge >= 0.3 is 11.9 Å². The average molecular weight is 1220 g/mol. The number of esters is 2. The Morgan fingerprint density at radius 3 is 0.682 bits per heavy atom. The first-order chi connectivity index (χ1) is 43.6. The highest BCUT2D eigenvalue weighted by atomic mass is 16.6. The van der Waals surface area contributed by atoms with Gasteiger partial charge in [0, 0.05) is 12.8 Å². The lowest BCUT2D eigenvalue weighted by atomic mass is 10.0. The third-order valence-corrected chi connectivity index (χ3v) is 15.8. The number of hydrogen-bond donors (Lipinski definition) is 1. The molecule has 1 unspecified atom stereocenters. The summed E-state index contributed by atoms with van der Waals surface area (Å²) >= 11 is 0. The predicted molar refractivity (Wildman–Crippen MR) is 389 cm³/mol. The summed E-state index contributed by atoms with van der Waals surface area (Å²) in [5.41, 5.74) is 0. The fourth-order valence-electron chi connectivity index (χ4n) is 10.4. The molecule has 0 radical (unpaired) electrons. The van der Waals surface area contributed by atoms with Crippen molar-refractivity contribution in [3.8, 4) is 0 Å². The van der Waals surface area contributed by atoms with Gasteiger partial charge in [0.25, 0.3) is 0 Å². The minimum atomic E-state index is -0.781.